The van der Waals surface area contributed by atoms with Crippen LogP contribution >= 0.6 is 0 Å². The van der Waals surface area contributed by atoms with E-state index in [1.54, 1.807) is 0 Å². The van der Waals surface area contributed by atoms with Crippen LogP contribution in [0.2, 0.25) is 0 Å². The van der Waals surface area contributed by atoms with Crippen LogP contribution in [0, 0.1) is 29.1 Å². The van der Waals surface area contributed by atoms with Gasteiger partial charge in [0.2, 0.25) is 5.82 Å². The van der Waals surface area contributed by atoms with Crippen molar-refractivity contribution >= 4 is 20.0 Å². The predicted molar refractivity (Wildman–Crippen MR) is 56.2 cm³/mol. The first kappa shape index (κ1) is 19.6. The van der Waals surface area contributed by atoms with Crippen LogP contribution in [0.3, 0.4) is 0 Å². The van der Waals surface area contributed by atoms with Crippen molar-refractivity contribution in [2.24, 2.45) is 0 Å². The molecule has 0 saturated heterocycles. The number of halogens is 8. The number of rotatable bonds is 3. The van der Waals surface area contributed by atoms with Gasteiger partial charge in [0.05, 0.1) is 0 Å². The average Bonchev–Trinajstić information content (AvgIpc) is 2.40. The molecule has 1 aromatic rings. The van der Waals surface area contributed by atoms with Crippen LogP contribution in [-0.4, -0.2) is 33.1 Å². The molecule has 132 valence electrons. The molecular formula is C8H3F8NO4S2. The molecule has 0 spiro atoms. The SMILES string of the molecule is CN(S(=O)(=O)c1c(F)c(F)c(F)c(F)c1F)S(=O)(=O)C(F)(F)F. The minimum absolute atomic E-state index is 0.282. The summed E-state index contributed by atoms with van der Waals surface area (Å²) in [6.45, 7) is 0. The molecule has 0 unspecified atom stereocenters. The van der Waals surface area contributed by atoms with E-state index in [4.69, 9.17) is 0 Å². The molecule has 0 aliphatic heterocycles. The summed E-state index contributed by atoms with van der Waals surface area (Å²) in [5.74, 6) is -14.3. The molecule has 1 rings (SSSR count). The van der Waals surface area contributed by atoms with Crippen LogP contribution in [0.4, 0.5) is 35.1 Å². The van der Waals surface area contributed by atoms with Crippen molar-refractivity contribution in [3.63, 3.8) is 0 Å². The molecule has 0 radical (unpaired) electrons. The Morgan fingerprint density at radius 1 is 0.739 bits per heavy atom. The van der Waals surface area contributed by atoms with Gasteiger partial charge in [-0.2, -0.15) is 13.2 Å². The minimum atomic E-state index is -6.68. The van der Waals surface area contributed by atoms with Crippen molar-refractivity contribution in [1.29, 1.82) is 0 Å². The molecule has 0 amide bonds. The Labute approximate surface area is 123 Å². The zero-order chi connectivity index (χ0) is 18.5. The van der Waals surface area contributed by atoms with E-state index in [-0.39, 0.29) is 7.05 Å². The van der Waals surface area contributed by atoms with E-state index in [0.29, 0.717) is 0 Å². The maximum atomic E-state index is 13.3. The third kappa shape index (κ3) is 2.87. The topological polar surface area (TPSA) is 71.5 Å². The predicted octanol–water partition coefficient (Wildman–Crippen LogP) is 1.85. The molecule has 0 atom stereocenters. The van der Waals surface area contributed by atoms with E-state index < -0.39 is 63.2 Å². The summed E-state index contributed by atoms with van der Waals surface area (Å²) in [5.41, 5.74) is -6.21. The summed E-state index contributed by atoms with van der Waals surface area (Å²) in [4.78, 5) is -2.73. The largest absolute Gasteiger partial charge is 0.512 e. The van der Waals surface area contributed by atoms with Crippen molar-refractivity contribution < 1.29 is 52.0 Å². The van der Waals surface area contributed by atoms with E-state index >= 15 is 0 Å². The van der Waals surface area contributed by atoms with E-state index in [0.717, 1.165) is 0 Å². The molecule has 1 aromatic carbocycles. The van der Waals surface area contributed by atoms with Crippen molar-refractivity contribution in [2.45, 2.75) is 10.4 Å². The number of nitrogens with zero attached hydrogens (tertiary/aromatic N) is 1. The fourth-order valence-corrected chi connectivity index (χ4v) is 3.91. The Morgan fingerprint density at radius 3 is 1.35 bits per heavy atom. The first-order valence-corrected chi connectivity index (χ1v) is 7.78. The standard InChI is InChI=1S/C8H3F8NO4S2/c1-17(23(20,21)8(14,15)16)22(18,19)7-5(12)3(10)2(9)4(11)6(7)13/h1H3. The zero-order valence-electron chi connectivity index (χ0n) is 10.4. The smallest absolute Gasteiger partial charge is 0.206 e. The Kier molecular flexibility index (Phi) is 4.72. The van der Waals surface area contributed by atoms with Gasteiger partial charge in [-0.15, -0.1) is 0 Å². The molecule has 0 N–H and O–H groups in total. The Morgan fingerprint density at radius 2 is 1.04 bits per heavy atom. The van der Waals surface area contributed by atoms with Crippen molar-refractivity contribution in [2.75, 3.05) is 7.05 Å². The number of alkyl halides is 3. The first-order chi connectivity index (χ1) is 10.1. The van der Waals surface area contributed by atoms with Crippen LogP contribution in [0.25, 0.3) is 0 Å². The third-order valence-corrected chi connectivity index (χ3v) is 6.39. The maximum Gasteiger partial charge on any atom is 0.512 e. The molecule has 0 fully saturated rings. The van der Waals surface area contributed by atoms with E-state index in [1.165, 1.54) is 0 Å². The Hall–Kier alpha value is -1.48. The van der Waals surface area contributed by atoms with Crippen LogP contribution in [0.15, 0.2) is 4.90 Å². The number of hydrogen-bond acceptors (Lipinski definition) is 4. The van der Waals surface area contributed by atoms with E-state index in [9.17, 15) is 52.0 Å². The Bertz CT molecular complexity index is 832. The maximum absolute atomic E-state index is 13.3. The fourth-order valence-electron chi connectivity index (χ4n) is 1.21. The van der Waals surface area contributed by atoms with E-state index in [1.807, 2.05) is 0 Å². The second-order valence-corrected chi connectivity index (χ2v) is 7.83. The van der Waals surface area contributed by atoms with Gasteiger partial charge in [-0.05, 0) is 0 Å². The highest BCUT2D eigenvalue weighted by molar-refractivity contribution is 8.04. The van der Waals surface area contributed by atoms with Crippen molar-refractivity contribution in [1.82, 2.24) is 3.71 Å². The lowest BCUT2D eigenvalue weighted by Crippen LogP contribution is -2.42. The molecule has 0 aromatic heterocycles. The third-order valence-electron chi connectivity index (χ3n) is 2.40. The molecule has 0 aliphatic carbocycles. The molecule has 0 aliphatic rings. The van der Waals surface area contributed by atoms with E-state index in [2.05, 4.69) is 0 Å². The molecule has 0 heterocycles. The molecule has 5 nitrogen and oxygen atoms in total. The summed E-state index contributed by atoms with van der Waals surface area (Å²) in [7, 11) is -13.2. The monoisotopic (exact) mass is 393 g/mol. The highest BCUT2D eigenvalue weighted by Crippen LogP contribution is 2.33. The lowest BCUT2D eigenvalue weighted by Gasteiger charge is -2.19. The summed E-state index contributed by atoms with van der Waals surface area (Å²) in [6, 6.07) is 0. The number of hydrogen-bond donors (Lipinski definition) is 0. The van der Waals surface area contributed by atoms with Crippen LogP contribution in [0.1, 0.15) is 0 Å². The number of benzene rings is 1. The van der Waals surface area contributed by atoms with Gasteiger partial charge >= 0.3 is 15.5 Å². The van der Waals surface area contributed by atoms with Gasteiger partial charge in [0, 0.05) is 7.05 Å². The Balaban J connectivity index is 3.79. The first-order valence-electron chi connectivity index (χ1n) is 4.90. The van der Waals surface area contributed by atoms with Gasteiger partial charge in [0.25, 0.3) is 10.0 Å². The van der Waals surface area contributed by atoms with Crippen molar-refractivity contribution in [3.8, 4) is 0 Å². The van der Waals surface area contributed by atoms with Crippen LogP contribution in [-0.2, 0) is 20.0 Å². The fraction of sp³-hybridized carbons (Fsp3) is 0.250. The average molecular weight is 393 g/mol. The van der Waals surface area contributed by atoms with Crippen molar-refractivity contribution in [3.05, 3.63) is 29.1 Å². The second-order valence-electron chi connectivity index (χ2n) is 3.73. The second kappa shape index (κ2) is 5.55. The van der Waals surface area contributed by atoms with Gasteiger partial charge in [0.15, 0.2) is 28.2 Å². The highest BCUT2D eigenvalue weighted by atomic mass is 32.3. The van der Waals surface area contributed by atoms with Gasteiger partial charge < -0.3 is 0 Å². The number of sulfonamides is 2. The molecular weight excluding hydrogens is 390 g/mol. The highest BCUT2D eigenvalue weighted by Gasteiger charge is 2.54. The molecule has 0 bridgehead atoms. The van der Waals surface area contributed by atoms with Gasteiger partial charge in [-0.3, -0.25) is 0 Å². The van der Waals surface area contributed by atoms with Crippen LogP contribution in [0.5, 0.6) is 0 Å². The summed E-state index contributed by atoms with van der Waals surface area (Å²) >= 11 is 0. The lowest BCUT2D eigenvalue weighted by molar-refractivity contribution is -0.0465. The van der Waals surface area contributed by atoms with Gasteiger partial charge in [-0.1, -0.05) is 3.71 Å². The zero-order valence-corrected chi connectivity index (χ0v) is 12.1. The molecule has 23 heavy (non-hydrogen) atoms. The normalized spacial score (nSPS) is 13.7. The van der Waals surface area contributed by atoms with Gasteiger partial charge in [0.1, 0.15) is 0 Å². The lowest BCUT2D eigenvalue weighted by atomic mass is 10.3. The van der Waals surface area contributed by atoms with Crippen LogP contribution < -0.4 is 0 Å². The molecule has 15 heteroatoms. The summed E-state index contributed by atoms with van der Waals surface area (Å²) < 4.78 is 146. The van der Waals surface area contributed by atoms with Gasteiger partial charge in [-0.25, -0.2) is 38.8 Å². The summed E-state index contributed by atoms with van der Waals surface area (Å²) in [6.07, 6.45) is 0. The molecule has 0 saturated carbocycles. The summed E-state index contributed by atoms with van der Waals surface area (Å²) in [5, 5.41) is 0. The quantitative estimate of drug-likeness (QED) is 0.447. The minimum Gasteiger partial charge on any atom is -0.206 e.